The minimum absolute atomic E-state index is 0.0492. The molecule has 130 valence electrons. The van der Waals surface area contributed by atoms with Gasteiger partial charge in [0, 0.05) is 43.7 Å². The monoisotopic (exact) mass is 357 g/mol. The highest BCUT2D eigenvalue weighted by molar-refractivity contribution is 6.33. The lowest BCUT2D eigenvalue weighted by molar-refractivity contribution is -0.128. The van der Waals surface area contributed by atoms with Crippen LogP contribution in [0.1, 0.15) is 23.8 Å². The first-order valence-corrected chi connectivity index (χ1v) is 8.71. The van der Waals surface area contributed by atoms with Crippen LogP contribution in [0.4, 0.5) is 0 Å². The van der Waals surface area contributed by atoms with E-state index < -0.39 is 0 Å². The van der Waals surface area contributed by atoms with Gasteiger partial charge in [-0.15, -0.1) is 0 Å². The summed E-state index contributed by atoms with van der Waals surface area (Å²) in [6.45, 7) is 3.96. The molecule has 1 saturated heterocycles. The molecule has 0 aliphatic carbocycles. The van der Waals surface area contributed by atoms with Gasteiger partial charge in [-0.2, -0.15) is 0 Å². The number of hydrogen-bond donors (Lipinski definition) is 0. The molecule has 1 aromatic carbocycles. The van der Waals surface area contributed by atoms with E-state index in [4.69, 9.17) is 11.6 Å². The molecular weight excluding hydrogens is 338 g/mol. The molecule has 0 atom stereocenters. The van der Waals surface area contributed by atoms with Crippen molar-refractivity contribution in [3.8, 4) is 11.3 Å². The Morgan fingerprint density at radius 2 is 1.68 bits per heavy atom. The van der Waals surface area contributed by atoms with Crippen molar-refractivity contribution in [2.24, 2.45) is 0 Å². The molecular formula is C19H20ClN3O2. The van der Waals surface area contributed by atoms with Crippen molar-refractivity contribution < 1.29 is 9.59 Å². The summed E-state index contributed by atoms with van der Waals surface area (Å²) < 4.78 is 0. The Morgan fingerprint density at radius 1 is 0.960 bits per heavy atom. The molecule has 0 unspecified atom stereocenters. The Labute approximate surface area is 152 Å². The summed E-state index contributed by atoms with van der Waals surface area (Å²) in [6.07, 6.45) is 0.773. The van der Waals surface area contributed by atoms with Crippen molar-refractivity contribution >= 4 is 23.4 Å². The average molecular weight is 358 g/mol. The summed E-state index contributed by atoms with van der Waals surface area (Å²) >= 11 is 6.23. The van der Waals surface area contributed by atoms with Crippen LogP contribution in [0.2, 0.25) is 5.02 Å². The largest absolute Gasteiger partial charge is 0.341 e. The maximum absolute atomic E-state index is 12.8. The van der Waals surface area contributed by atoms with E-state index in [1.165, 1.54) is 0 Å². The number of pyridine rings is 1. The van der Waals surface area contributed by atoms with E-state index >= 15 is 0 Å². The second-order valence-electron chi connectivity index (χ2n) is 6.04. The van der Waals surface area contributed by atoms with E-state index in [0.29, 0.717) is 42.6 Å². The molecule has 0 spiro atoms. The van der Waals surface area contributed by atoms with Gasteiger partial charge in [-0.05, 0) is 24.6 Å². The summed E-state index contributed by atoms with van der Waals surface area (Å²) in [4.78, 5) is 32.4. The number of hydrogen-bond acceptors (Lipinski definition) is 3. The Hall–Kier alpha value is -2.40. The summed E-state index contributed by atoms with van der Waals surface area (Å²) in [7, 11) is 0. The lowest BCUT2D eigenvalue weighted by atomic mass is 10.1. The third-order valence-electron chi connectivity index (χ3n) is 4.35. The summed E-state index contributed by atoms with van der Waals surface area (Å²) in [5.74, 6) is -0.0625. The van der Waals surface area contributed by atoms with Gasteiger partial charge in [0.1, 0.15) is 5.69 Å². The third-order valence-corrected chi connectivity index (χ3v) is 4.68. The molecule has 0 saturated carbocycles. The summed E-state index contributed by atoms with van der Waals surface area (Å²) in [6, 6.07) is 12.8. The smallest absolute Gasteiger partial charge is 0.272 e. The fourth-order valence-corrected chi connectivity index (χ4v) is 3.20. The van der Waals surface area contributed by atoms with Crippen molar-refractivity contribution in [1.29, 1.82) is 0 Å². The number of rotatable bonds is 2. The van der Waals surface area contributed by atoms with Crippen molar-refractivity contribution in [3.63, 3.8) is 0 Å². The quantitative estimate of drug-likeness (QED) is 0.829. The van der Waals surface area contributed by atoms with E-state index in [1.54, 1.807) is 28.9 Å². The fraction of sp³-hybridized carbons (Fsp3) is 0.316. The number of carbonyl (C=O) groups excluding carboxylic acids is 2. The maximum atomic E-state index is 12.8. The molecule has 3 rings (SSSR count). The minimum atomic E-state index is -0.112. The topological polar surface area (TPSA) is 53.5 Å². The van der Waals surface area contributed by atoms with Crippen molar-refractivity contribution in [3.05, 3.63) is 53.2 Å². The van der Waals surface area contributed by atoms with E-state index in [1.807, 2.05) is 30.3 Å². The molecule has 1 aliphatic rings. The number of carbonyl (C=O) groups is 2. The summed E-state index contributed by atoms with van der Waals surface area (Å²) in [5.41, 5.74) is 1.88. The molecule has 0 radical (unpaired) electrons. The van der Waals surface area contributed by atoms with Gasteiger partial charge in [0.05, 0.1) is 5.69 Å². The lowest BCUT2D eigenvalue weighted by Gasteiger charge is -2.21. The Balaban J connectivity index is 1.80. The number of amides is 2. The van der Waals surface area contributed by atoms with Crippen molar-refractivity contribution in [2.75, 3.05) is 26.2 Å². The van der Waals surface area contributed by atoms with Gasteiger partial charge in [0.15, 0.2) is 0 Å². The summed E-state index contributed by atoms with van der Waals surface area (Å²) in [5, 5.41) is 0.603. The van der Waals surface area contributed by atoms with Gasteiger partial charge in [-0.25, -0.2) is 4.98 Å². The van der Waals surface area contributed by atoms with Gasteiger partial charge in [-0.1, -0.05) is 35.9 Å². The normalized spacial score (nSPS) is 15.0. The van der Waals surface area contributed by atoms with Gasteiger partial charge in [0.2, 0.25) is 5.91 Å². The van der Waals surface area contributed by atoms with Crippen LogP contribution in [-0.2, 0) is 4.79 Å². The molecule has 2 heterocycles. The Kier molecular flexibility index (Phi) is 5.34. The van der Waals surface area contributed by atoms with E-state index in [-0.39, 0.29) is 11.8 Å². The van der Waals surface area contributed by atoms with Crippen molar-refractivity contribution in [1.82, 2.24) is 14.8 Å². The SMILES string of the molecule is CC(=O)N1CCCN(C(=O)c2cccc(-c3ccccc3Cl)n2)CC1. The van der Waals surface area contributed by atoms with E-state index in [9.17, 15) is 9.59 Å². The predicted octanol–water partition coefficient (Wildman–Crippen LogP) is 3.10. The molecule has 0 bridgehead atoms. The second-order valence-corrected chi connectivity index (χ2v) is 6.45. The lowest BCUT2D eigenvalue weighted by Crippen LogP contribution is -2.36. The van der Waals surface area contributed by atoms with Crippen LogP contribution < -0.4 is 0 Å². The number of benzene rings is 1. The standard InChI is InChI=1S/C19H20ClN3O2/c1-14(24)22-10-5-11-23(13-12-22)19(25)18-9-4-8-17(21-18)15-6-2-3-7-16(15)20/h2-4,6-9H,5,10-13H2,1H3. The fourth-order valence-electron chi connectivity index (χ4n) is 2.97. The molecule has 2 amide bonds. The van der Waals surface area contributed by atoms with Crippen LogP contribution >= 0.6 is 11.6 Å². The minimum Gasteiger partial charge on any atom is -0.341 e. The van der Waals surface area contributed by atoms with Crippen LogP contribution in [-0.4, -0.2) is 52.8 Å². The van der Waals surface area contributed by atoms with Crippen LogP contribution in [0.5, 0.6) is 0 Å². The predicted molar refractivity (Wildman–Crippen MR) is 97.5 cm³/mol. The van der Waals surface area contributed by atoms with E-state index in [0.717, 1.165) is 12.0 Å². The number of aromatic nitrogens is 1. The maximum Gasteiger partial charge on any atom is 0.272 e. The molecule has 5 nitrogen and oxygen atoms in total. The van der Waals surface area contributed by atoms with Crippen LogP contribution in [0.3, 0.4) is 0 Å². The molecule has 1 fully saturated rings. The highest BCUT2D eigenvalue weighted by Gasteiger charge is 2.22. The molecule has 0 N–H and O–H groups in total. The molecule has 6 heteroatoms. The Bertz CT molecular complexity index is 794. The van der Waals surface area contributed by atoms with Crippen LogP contribution in [0.25, 0.3) is 11.3 Å². The number of halogens is 1. The highest BCUT2D eigenvalue weighted by Crippen LogP contribution is 2.26. The highest BCUT2D eigenvalue weighted by atomic mass is 35.5. The van der Waals surface area contributed by atoms with Gasteiger partial charge < -0.3 is 9.80 Å². The molecule has 1 aromatic heterocycles. The van der Waals surface area contributed by atoms with Crippen LogP contribution in [0.15, 0.2) is 42.5 Å². The first kappa shape index (κ1) is 17.4. The third kappa shape index (κ3) is 3.99. The van der Waals surface area contributed by atoms with Gasteiger partial charge in [-0.3, -0.25) is 9.59 Å². The molecule has 2 aromatic rings. The molecule has 1 aliphatic heterocycles. The van der Waals surface area contributed by atoms with E-state index in [2.05, 4.69) is 4.98 Å². The van der Waals surface area contributed by atoms with Gasteiger partial charge >= 0.3 is 0 Å². The first-order valence-electron chi connectivity index (χ1n) is 8.33. The zero-order chi connectivity index (χ0) is 17.8. The van der Waals surface area contributed by atoms with Gasteiger partial charge in [0.25, 0.3) is 5.91 Å². The van der Waals surface area contributed by atoms with Crippen molar-refractivity contribution in [2.45, 2.75) is 13.3 Å². The number of nitrogens with zero attached hydrogens (tertiary/aromatic N) is 3. The Morgan fingerprint density at radius 3 is 2.44 bits per heavy atom. The first-order chi connectivity index (χ1) is 12.1. The van der Waals surface area contributed by atoms with Crippen LogP contribution in [0, 0.1) is 0 Å². The average Bonchev–Trinajstić information content (AvgIpc) is 2.88. The molecule has 25 heavy (non-hydrogen) atoms. The second kappa shape index (κ2) is 7.66. The zero-order valence-electron chi connectivity index (χ0n) is 14.1. The zero-order valence-corrected chi connectivity index (χ0v) is 14.9.